The van der Waals surface area contributed by atoms with E-state index >= 15 is 0 Å². The highest BCUT2D eigenvalue weighted by Crippen LogP contribution is 2.44. The molecule has 5 heterocycles. The molecule has 6 rings (SSSR count). The van der Waals surface area contributed by atoms with Gasteiger partial charge in [0.15, 0.2) is 5.82 Å². The first-order chi connectivity index (χ1) is 19.3. The van der Waals surface area contributed by atoms with Crippen LogP contribution >= 0.6 is 0 Å². The van der Waals surface area contributed by atoms with E-state index in [2.05, 4.69) is 33.2 Å². The first-order valence-corrected chi connectivity index (χ1v) is 14.0. The lowest BCUT2D eigenvalue weighted by atomic mass is 9.86. The Labute approximate surface area is 235 Å². The third-order valence-corrected chi connectivity index (χ3v) is 8.39. The predicted octanol–water partition coefficient (Wildman–Crippen LogP) is 4.96. The molecule has 0 amide bonds. The zero-order chi connectivity index (χ0) is 27.9. The van der Waals surface area contributed by atoms with Crippen LogP contribution in [0.2, 0.25) is 0 Å². The first-order valence-electron chi connectivity index (χ1n) is 14.0. The Morgan fingerprint density at radius 1 is 0.975 bits per heavy atom. The molecule has 0 spiro atoms. The number of nitrogens with one attached hydrogen (secondary N) is 1. The highest BCUT2D eigenvalue weighted by molar-refractivity contribution is 5.60. The van der Waals surface area contributed by atoms with Crippen molar-refractivity contribution >= 4 is 0 Å². The van der Waals surface area contributed by atoms with Crippen LogP contribution in [0, 0.1) is 20.8 Å². The zero-order valence-corrected chi connectivity index (χ0v) is 23.6. The van der Waals surface area contributed by atoms with E-state index in [1.807, 2.05) is 57.2 Å². The van der Waals surface area contributed by atoms with Crippen LogP contribution in [0.4, 0.5) is 0 Å². The summed E-state index contributed by atoms with van der Waals surface area (Å²) < 4.78 is 6.81. The number of aromatic hydroxyl groups is 1. The molecular weight excluding hydrogens is 500 g/mol. The van der Waals surface area contributed by atoms with Gasteiger partial charge in [-0.3, -0.25) is 14.9 Å². The molecule has 2 N–H and O–H groups in total. The number of nitrogens with zero attached hydrogens (tertiary/aromatic N) is 5. The van der Waals surface area contributed by atoms with Crippen LogP contribution < -0.4 is 10.1 Å². The Balaban J connectivity index is 1.35. The van der Waals surface area contributed by atoms with Gasteiger partial charge in [-0.2, -0.15) is 0 Å². The number of benzene rings is 1. The molecule has 3 aromatic heterocycles. The van der Waals surface area contributed by atoms with E-state index in [1.54, 1.807) is 12.4 Å². The average molecular weight is 537 g/mol. The lowest BCUT2D eigenvalue weighted by molar-refractivity contribution is 0.00322. The predicted molar refractivity (Wildman–Crippen MR) is 155 cm³/mol. The van der Waals surface area contributed by atoms with E-state index in [0.717, 1.165) is 89.8 Å². The second-order valence-corrected chi connectivity index (χ2v) is 11.2. The normalized spacial score (nSPS) is 21.1. The van der Waals surface area contributed by atoms with Gasteiger partial charge >= 0.3 is 0 Å². The molecule has 1 fully saturated rings. The number of pyridine rings is 2. The van der Waals surface area contributed by atoms with Crippen LogP contribution in [-0.4, -0.2) is 61.7 Å². The van der Waals surface area contributed by atoms with Crippen molar-refractivity contribution in [1.29, 1.82) is 0 Å². The molecule has 0 aliphatic carbocycles. The SMILES string of the molecule is Cc1c(C)c2c(c(C)c1O)CCC(C)(CN1CCNCC1c1cc(-c3ccccn3)nc(-c3ccccn3)n1)O2. The van der Waals surface area contributed by atoms with Gasteiger partial charge in [0.25, 0.3) is 0 Å². The molecule has 206 valence electrons. The van der Waals surface area contributed by atoms with Gasteiger partial charge in [0, 0.05) is 44.1 Å². The Morgan fingerprint density at radius 3 is 2.45 bits per heavy atom. The van der Waals surface area contributed by atoms with Gasteiger partial charge in [-0.15, -0.1) is 0 Å². The fourth-order valence-electron chi connectivity index (χ4n) is 5.95. The van der Waals surface area contributed by atoms with Crippen molar-refractivity contribution in [2.75, 3.05) is 26.2 Å². The fraction of sp³-hybridized carbons (Fsp3) is 0.375. The maximum atomic E-state index is 10.6. The van der Waals surface area contributed by atoms with E-state index in [9.17, 15) is 5.11 Å². The minimum absolute atomic E-state index is 0.0351. The number of rotatable bonds is 5. The van der Waals surface area contributed by atoms with Crippen LogP contribution in [0.15, 0.2) is 54.9 Å². The number of ether oxygens (including phenoxy) is 1. The Bertz CT molecular complexity index is 1470. The number of fused-ring (bicyclic) bond motifs is 1. The highest BCUT2D eigenvalue weighted by Gasteiger charge is 2.39. The molecule has 8 heteroatoms. The van der Waals surface area contributed by atoms with Crippen molar-refractivity contribution < 1.29 is 9.84 Å². The highest BCUT2D eigenvalue weighted by atomic mass is 16.5. The summed E-state index contributed by atoms with van der Waals surface area (Å²) in [5.41, 5.74) is 6.88. The van der Waals surface area contributed by atoms with Gasteiger partial charge < -0.3 is 15.2 Å². The van der Waals surface area contributed by atoms with Gasteiger partial charge in [-0.05, 0) is 87.6 Å². The molecule has 8 nitrogen and oxygen atoms in total. The van der Waals surface area contributed by atoms with E-state index in [1.165, 1.54) is 0 Å². The van der Waals surface area contributed by atoms with Crippen LogP contribution in [0.25, 0.3) is 22.9 Å². The topological polar surface area (TPSA) is 96.3 Å². The number of hydrogen-bond acceptors (Lipinski definition) is 8. The molecule has 0 bridgehead atoms. The fourth-order valence-corrected chi connectivity index (χ4v) is 5.95. The zero-order valence-electron chi connectivity index (χ0n) is 23.6. The summed E-state index contributed by atoms with van der Waals surface area (Å²) in [7, 11) is 0. The van der Waals surface area contributed by atoms with Crippen molar-refractivity contribution in [3.05, 3.63) is 82.8 Å². The number of phenols is 1. The Morgan fingerprint density at radius 2 is 1.73 bits per heavy atom. The molecule has 40 heavy (non-hydrogen) atoms. The molecular formula is C32H36N6O2. The van der Waals surface area contributed by atoms with Crippen LogP contribution in [0.1, 0.15) is 47.3 Å². The number of piperazine rings is 1. The Hall–Kier alpha value is -3.88. The number of aromatic nitrogens is 4. The lowest BCUT2D eigenvalue weighted by Gasteiger charge is -2.44. The Kier molecular flexibility index (Phi) is 6.98. The minimum Gasteiger partial charge on any atom is -0.507 e. The van der Waals surface area contributed by atoms with Crippen molar-refractivity contribution in [3.63, 3.8) is 0 Å². The summed E-state index contributed by atoms with van der Waals surface area (Å²) in [4.78, 5) is 21.5. The molecule has 1 saturated heterocycles. The van der Waals surface area contributed by atoms with Gasteiger partial charge in [0.2, 0.25) is 0 Å². The van der Waals surface area contributed by atoms with Crippen molar-refractivity contribution in [1.82, 2.24) is 30.2 Å². The van der Waals surface area contributed by atoms with Crippen molar-refractivity contribution in [2.24, 2.45) is 0 Å². The van der Waals surface area contributed by atoms with E-state index in [0.29, 0.717) is 11.6 Å². The van der Waals surface area contributed by atoms with Gasteiger partial charge in [-0.25, -0.2) is 9.97 Å². The summed E-state index contributed by atoms with van der Waals surface area (Å²) in [5.74, 6) is 1.92. The van der Waals surface area contributed by atoms with Crippen molar-refractivity contribution in [3.8, 4) is 34.4 Å². The molecule has 2 unspecified atom stereocenters. The molecule has 4 aromatic rings. The second-order valence-electron chi connectivity index (χ2n) is 11.2. The van der Waals surface area contributed by atoms with Gasteiger partial charge in [0.05, 0.1) is 23.1 Å². The lowest BCUT2D eigenvalue weighted by Crippen LogP contribution is -2.54. The third kappa shape index (κ3) is 4.93. The summed E-state index contributed by atoms with van der Waals surface area (Å²) >= 11 is 0. The van der Waals surface area contributed by atoms with E-state index in [4.69, 9.17) is 14.7 Å². The van der Waals surface area contributed by atoms with Crippen molar-refractivity contribution in [2.45, 2.75) is 52.2 Å². The van der Waals surface area contributed by atoms with E-state index in [-0.39, 0.29) is 11.6 Å². The van der Waals surface area contributed by atoms with Crippen LogP contribution in [0.3, 0.4) is 0 Å². The maximum absolute atomic E-state index is 10.6. The summed E-state index contributed by atoms with van der Waals surface area (Å²) in [5, 5.41) is 14.2. The number of phenolic OH excluding ortho intramolecular Hbond substituents is 1. The summed E-state index contributed by atoms with van der Waals surface area (Å²) in [6.45, 7) is 11.5. The standard InChI is InChI=1S/C32H36N6O2/c1-20-21(2)30-23(22(3)29(20)39)11-12-32(4,40-30)19-38-16-15-33-18-28(38)27-17-26(24-9-5-7-13-34-24)36-31(37-27)25-10-6-8-14-35-25/h5-10,13-14,17,28,33,39H,11-12,15-16,18-19H2,1-4H3. The second kappa shape index (κ2) is 10.6. The maximum Gasteiger partial charge on any atom is 0.179 e. The smallest absolute Gasteiger partial charge is 0.179 e. The van der Waals surface area contributed by atoms with Crippen LogP contribution in [-0.2, 0) is 6.42 Å². The van der Waals surface area contributed by atoms with Gasteiger partial charge in [0.1, 0.15) is 22.8 Å². The third-order valence-electron chi connectivity index (χ3n) is 8.39. The monoisotopic (exact) mass is 536 g/mol. The van der Waals surface area contributed by atoms with E-state index < -0.39 is 0 Å². The molecule has 2 aliphatic heterocycles. The summed E-state index contributed by atoms with van der Waals surface area (Å²) in [6.07, 6.45) is 5.31. The average Bonchev–Trinajstić information content (AvgIpc) is 2.99. The molecule has 1 aromatic carbocycles. The molecule has 0 saturated carbocycles. The van der Waals surface area contributed by atoms with Gasteiger partial charge in [-0.1, -0.05) is 12.1 Å². The first kappa shape index (κ1) is 26.3. The molecule has 2 aliphatic rings. The quantitative estimate of drug-likeness (QED) is 0.370. The van der Waals surface area contributed by atoms with Crippen LogP contribution in [0.5, 0.6) is 11.5 Å². The largest absolute Gasteiger partial charge is 0.507 e. The number of hydrogen-bond donors (Lipinski definition) is 2. The summed E-state index contributed by atoms with van der Waals surface area (Å²) in [6, 6.07) is 13.8. The molecule has 0 radical (unpaired) electrons. The molecule has 2 atom stereocenters. The minimum atomic E-state index is -0.371.